The third-order valence-corrected chi connectivity index (χ3v) is 8.19. The molecule has 0 spiro atoms. The largest absolute Gasteiger partial charge is 0.491 e. The van der Waals surface area contributed by atoms with E-state index in [0.717, 1.165) is 66.6 Å². The molecule has 8 rings (SSSR count). The Morgan fingerprint density at radius 2 is 1.02 bits per heavy atom. The van der Waals surface area contributed by atoms with Crippen molar-refractivity contribution >= 4 is 67.3 Å². The molecule has 0 unspecified atom stereocenters. The molecule has 46 heavy (non-hydrogen) atoms. The number of methoxy groups -OCH3 is 4. The second-order valence-corrected chi connectivity index (χ2v) is 10.9. The highest BCUT2D eigenvalue weighted by molar-refractivity contribution is 6.35. The number of aromatic nitrogens is 8. The summed E-state index contributed by atoms with van der Waals surface area (Å²) in [5.74, 6) is 2.03. The Labute approximate surface area is 271 Å². The zero-order chi connectivity index (χ0) is 31.9. The minimum absolute atomic E-state index is 0.438. The van der Waals surface area contributed by atoms with Gasteiger partial charge in [0.05, 0.1) is 60.9 Å². The summed E-state index contributed by atoms with van der Waals surface area (Å²) in [7, 11) is 6.30. The number of ether oxygens (including phenoxy) is 4. The molecule has 14 heteroatoms. The normalized spacial score (nSPS) is 11.3. The zero-order valence-electron chi connectivity index (χ0n) is 25.0. The van der Waals surface area contributed by atoms with Crippen LogP contribution in [0.3, 0.4) is 0 Å². The van der Waals surface area contributed by atoms with Crippen molar-refractivity contribution in [3.05, 3.63) is 71.2 Å². The lowest BCUT2D eigenvalue weighted by atomic mass is 10.2. The topological polar surface area (TPSA) is 152 Å². The van der Waals surface area contributed by atoms with Crippen molar-refractivity contribution in [2.24, 2.45) is 0 Å². The SMILES string of the molecule is COc1cc2[nH]cc(-c3cc4c(Cl)ccnc4[nH]3)c2nc1OC.COc1cc2[nH]cc(-c3cc4c(Cl)ccnc4[nH]3)c2nc1OC. The molecule has 0 bridgehead atoms. The number of hydrogen-bond donors (Lipinski definition) is 4. The lowest BCUT2D eigenvalue weighted by Crippen LogP contribution is -1.93. The fourth-order valence-electron chi connectivity index (χ4n) is 5.30. The van der Waals surface area contributed by atoms with E-state index >= 15 is 0 Å². The highest BCUT2D eigenvalue weighted by atomic mass is 35.5. The van der Waals surface area contributed by atoms with Crippen molar-refractivity contribution in [1.82, 2.24) is 39.9 Å². The van der Waals surface area contributed by atoms with Crippen LogP contribution in [0, 0.1) is 0 Å². The minimum atomic E-state index is 0.438. The summed E-state index contributed by atoms with van der Waals surface area (Å²) in [4.78, 5) is 30.6. The number of H-pyrrole nitrogens is 4. The first-order valence-electron chi connectivity index (χ1n) is 13.9. The summed E-state index contributed by atoms with van der Waals surface area (Å²) >= 11 is 12.4. The van der Waals surface area contributed by atoms with Crippen LogP contribution in [0.5, 0.6) is 23.3 Å². The molecular formula is C32H26Cl2N8O4. The molecule has 0 aliphatic carbocycles. The maximum atomic E-state index is 6.22. The highest BCUT2D eigenvalue weighted by Crippen LogP contribution is 2.37. The van der Waals surface area contributed by atoms with Crippen LogP contribution in [0.15, 0.2) is 61.2 Å². The first-order chi connectivity index (χ1) is 22.4. The first kappa shape index (κ1) is 29.3. The maximum absolute atomic E-state index is 6.22. The molecule has 0 aliphatic rings. The summed E-state index contributed by atoms with van der Waals surface area (Å²) in [5, 5.41) is 3.06. The molecule has 0 saturated heterocycles. The van der Waals surface area contributed by atoms with E-state index in [0.29, 0.717) is 33.3 Å². The van der Waals surface area contributed by atoms with Gasteiger partial charge in [-0.15, -0.1) is 0 Å². The number of nitrogens with zero attached hydrogens (tertiary/aromatic N) is 4. The molecule has 8 aromatic heterocycles. The average molecular weight is 658 g/mol. The van der Waals surface area contributed by atoms with Gasteiger partial charge in [0, 0.05) is 58.8 Å². The lowest BCUT2D eigenvalue weighted by Gasteiger charge is -2.06. The van der Waals surface area contributed by atoms with Gasteiger partial charge < -0.3 is 38.9 Å². The predicted molar refractivity (Wildman–Crippen MR) is 179 cm³/mol. The molecular weight excluding hydrogens is 631 g/mol. The van der Waals surface area contributed by atoms with Crippen LogP contribution in [0.2, 0.25) is 10.0 Å². The van der Waals surface area contributed by atoms with Crippen LogP contribution in [-0.4, -0.2) is 68.3 Å². The van der Waals surface area contributed by atoms with Crippen molar-refractivity contribution in [2.75, 3.05) is 28.4 Å². The lowest BCUT2D eigenvalue weighted by molar-refractivity contribution is 0.344. The monoisotopic (exact) mass is 656 g/mol. The van der Waals surface area contributed by atoms with Gasteiger partial charge in [-0.25, -0.2) is 19.9 Å². The van der Waals surface area contributed by atoms with Crippen LogP contribution in [0.4, 0.5) is 0 Å². The molecule has 0 atom stereocenters. The quantitative estimate of drug-likeness (QED) is 0.143. The van der Waals surface area contributed by atoms with Gasteiger partial charge in [-0.2, -0.15) is 0 Å². The Hall–Kier alpha value is -5.46. The van der Waals surface area contributed by atoms with E-state index in [4.69, 9.17) is 42.1 Å². The molecule has 232 valence electrons. The molecule has 4 N–H and O–H groups in total. The van der Waals surface area contributed by atoms with Gasteiger partial charge in [0.1, 0.15) is 22.3 Å². The second kappa shape index (κ2) is 11.8. The van der Waals surface area contributed by atoms with Gasteiger partial charge in [0.25, 0.3) is 11.8 Å². The zero-order valence-corrected chi connectivity index (χ0v) is 26.5. The van der Waals surface area contributed by atoms with E-state index in [2.05, 4.69) is 39.9 Å². The molecule has 0 saturated carbocycles. The van der Waals surface area contributed by atoms with Gasteiger partial charge in [-0.05, 0) is 24.3 Å². The van der Waals surface area contributed by atoms with Crippen LogP contribution >= 0.6 is 23.2 Å². The molecule has 8 aromatic rings. The van der Waals surface area contributed by atoms with Gasteiger partial charge >= 0.3 is 0 Å². The smallest absolute Gasteiger partial charge is 0.257 e. The Balaban J connectivity index is 0.000000147. The molecule has 0 aromatic carbocycles. The number of pyridine rings is 4. The fourth-order valence-corrected chi connectivity index (χ4v) is 5.70. The molecule has 0 radical (unpaired) electrons. The van der Waals surface area contributed by atoms with Crippen molar-refractivity contribution in [2.45, 2.75) is 0 Å². The number of hydrogen-bond acceptors (Lipinski definition) is 8. The van der Waals surface area contributed by atoms with E-state index in [1.807, 2.05) is 36.7 Å². The standard InChI is InChI=1S/2C16H13ClN4O2/c2*1-22-13-6-12-14(21-16(13)23-2)9(7-19-12)11-5-8-10(17)3-4-18-15(8)20-11/h2*3-7,19H,1-2H3,(H,18,20). The van der Waals surface area contributed by atoms with Crippen molar-refractivity contribution in [3.8, 4) is 45.8 Å². The summed E-state index contributed by atoms with van der Waals surface area (Å²) < 4.78 is 21.1. The molecule has 0 aliphatic heterocycles. The summed E-state index contributed by atoms with van der Waals surface area (Å²) in [5.41, 5.74) is 8.34. The Morgan fingerprint density at radius 3 is 1.39 bits per heavy atom. The maximum Gasteiger partial charge on any atom is 0.257 e. The first-order valence-corrected chi connectivity index (χ1v) is 14.6. The van der Waals surface area contributed by atoms with E-state index in [-0.39, 0.29) is 0 Å². The number of aromatic amines is 4. The summed E-state index contributed by atoms with van der Waals surface area (Å²) in [6.45, 7) is 0. The van der Waals surface area contributed by atoms with E-state index in [1.165, 1.54) is 0 Å². The van der Waals surface area contributed by atoms with Crippen LogP contribution in [0.25, 0.3) is 66.6 Å². The Kier molecular flexibility index (Phi) is 7.51. The van der Waals surface area contributed by atoms with E-state index < -0.39 is 0 Å². The third-order valence-electron chi connectivity index (χ3n) is 7.53. The van der Waals surface area contributed by atoms with Crippen molar-refractivity contribution < 1.29 is 18.9 Å². The fraction of sp³-hybridized carbons (Fsp3) is 0.125. The predicted octanol–water partition coefficient (Wildman–Crippen LogP) is 7.55. The second-order valence-electron chi connectivity index (χ2n) is 10.1. The van der Waals surface area contributed by atoms with E-state index in [9.17, 15) is 0 Å². The van der Waals surface area contributed by atoms with Gasteiger partial charge in [-0.3, -0.25) is 0 Å². The average Bonchev–Trinajstić information content (AvgIpc) is 3.88. The number of nitrogens with one attached hydrogen (secondary N) is 4. The van der Waals surface area contributed by atoms with Gasteiger partial charge in [0.15, 0.2) is 11.5 Å². The molecule has 8 heterocycles. The Morgan fingerprint density at radius 1 is 0.587 bits per heavy atom. The molecule has 0 amide bonds. The summed E-state index contributed by atoms with van der Waals surface area (Å²) in [6, 6.07) is 11.2. The molecule has 12 nitrogen and oxygen atoms in total. The van der Waals surface area contributed by atoms with E-state index in [1.54, 1.807) is 53.0 Å². The Bertz CT molecular complexity index is 2210. The van der Waals surface area contributed by atoms with Crippen LogP contribution in [-0.2, 0) is 0 Å². The highest BCUT2D eigenvalue weighted by Gasteiger charge is 2.17. The number of fused-ring (bicyclic) bond motifs is 4. The van der Waals surface area contributed by atoms with Crippen molar-refractivity contribution in [3.63, 3.8) is 0 Å². The number of halogens is 2. The van der Waals surface area contributed by atoms with Crippen LogP contribution < -0.4 is 18.9 Å². The minimum Gasteiger partial charge on any atom is -0.491 e. The van der Waals surface area contributed by atoms with Gasteiger partial charge in [0.2, 0.25) is 0 Å². The molecule has 0 fully saturated rings. The third kappa shape index (κ3) is 4.97. The summed E-state index contributed by atoms with van der Waals surface area (Å²) in [6.07, 6.45) is 7.11. The number of rotatable bonds is 6. The van der Waals surface area contributed by atoms with Crippen molar-refractivity contribution in [1.29, 1.82) is 0 Å². The van der Waals surface area contributed by atoms with Crippen LogP contribution in [0.1, 0.15) is 0 Å². The van der Waals surface area contributed by atoms with Gasteiger partial charge in [-0.1, -0.05) is 23.2 Å².